The molecular formula is C37H19N7. The molecule has 0 unspecified atom stereocenters. The highest BCUT2D eigenvalue weighted by Gasteiger charge is 2.16. The van der Waals surface area contributed by atoms with Crippen molar-refractivity contribution in [3.63, 3.8) is 0 Å². The van der Waals surface area contributed by atoms with Crippen molar-refractivity contribution >= 4 is 87.1 Å². The maximum Gasteiger partial charge on any atom is 0.118 e. The first kappa shape index (κ1) is 23.4. The van der Waals surface area contributed by atoms with Gasteiger partial charge < -0.3 is 0 Å². The van der Waals surface area contributed by atoms with Crippen LogP contribution < -0.4 is 0 Å². The van der Waals surface area contributed by atoms with Gasteiger partial charge in [-0.15, -0.1) is 0 Å². The zero-order valence-corrected chi connectivity index (χ0v) is 23.1. The Morgan fingerprint density at radius 3 is 1.61 bits per heavy atom. The summed E-state index contributed by atoms with van der Waals surface area (Å²) in [5, 5.41) is 9.77. The average Bonchev–Trinajstić information content (AvgIpc) is 3.10. The van der Waals surface area contributed by atoms with Crippen molar-refractivity contribution in [3.8, 4) is 11.3 Å². The van der Waals surface area contributed by atoms with E-state index in [1.54, 1.807) is 31.0 Å². The molecule has 0 fully saturated rings. The summed E-state index contributed by atoms with van der Waals surface area (Å²) in [4.78, 5) is 33.6. The zero-order chi connectivity index (χ0) is 28.8. The van der Waals surface area contributed by atoms with Crippen LogP contribution in [0.2, 0.25) is 0 Å². The first-order valence-corrected chi connectivity index (χ1v) is 14.4. The van der Waals surface area contributed by atoms with Crippen LogP contribution in [0.25, 0.3) is 98.4 Å². The summed E-state index contributed by atoms with van der Waals surface area (Å²) in [6, 6.07) is 27.6. The Labute approximate surface area is 248 Å². The molecule has 0 aliphatic heterocycles. The van der Waals surface area contributed by atoms with Crippen LogP contribution in [-0.4, -0.2) is 34.9 Å². The third-order valence-corrected chi connectivity index (χ3v) is 8.64. The molecule has 0 amide bonds. The van der Waals surface area contributed by atoms with Gasteiger partial charge in [-0.05, 0) is 63.3 Å². The minimum Gasteiger partial charge on any atom is -0.254 e. The van der Waals surface area contributed by atoms with Gasteiger partial charge in [0.05, 0.1) is 34.0 Å². The van der Waals surface area contributed by atoms with Crippen molar-refractivity contribution in [2.24, 2.45) is 0 Å². The van der Waals surface area contributed by atoms with Gasteiger partial charge in [-0.3, -0.25) is 29.9 Å². The highest BCUT2D eigenvalue weighted by atomic mass is 14.9. The van der Waals surface area contributed by atoms with Crippen LogP contribution >= 0.6 is 0 Å². The molecule has 0 aliphatic carbocycles. The van der Waals surface area contributed by atoms with E-state index in [2.05, 4.69) is 82.8 Å². The van der Waals surface area contributed by atoms with E-state index in [4.69, 9.17) is 24.9 Å². The molecule has 0 saturated carbocycles. The number of pyridine rings is 1. The molecule has 7 nitrogen and oxygen atoms in total. The fourth-order valence-electron chi connectivity index (χ4n) is 6.63. The van der Waals surface area contributed by atoms with Crippen molar-refractivity contribution < 1.29 is 0 Å². The third kappa shape index (κ3) is 3.23. The van der Waals surface area contributed by atoms with Crippen LogP contribution in [0.5, 0.6) is 0 Å². The average molecular weight is 562 g/mol. The van der Waals surface area contributed by atoms with Gasteiger partial charge in [0.2, 0.25) is 0 Å². The van der Waals surface area contributed by atoms with Crippen molar-refractivity contribution in [1.82, 2.24) is 34.9 Å². The maximum atomic E-state index is 5.17. The van der Waals surface area contributed by atoms with Crippen LogP contribution in [0.15, 0.2) is 116 Å². The molecular weight excluding hydrogens is 542 g/mol. The second kappa shape index (κ2) is 8.65. The Hall–Kier alpha value is -6.21. The number of benzene rings is 6. The van der Waals surface area contributed by atoms with Crippen LogP contribution in [0, 0.1) is 0 Å². The van der Waals surface area contributed by atoms with E-state index in [1.165, 1.54) is 0 Å². The summed E-state index contributed by atoms with van der Waals surface area (Å²) in [7, 11) is 0. The van der Waals surface area contributed by atoms with E-state index in [0.717, 1.165) is 98.4 Å². The molecule has 0 saturated heterocycles. The summed E-state index contributed by atoms with van der Waals surface area (Å²) < 4.78 is 0. The quantitative estimate of drug-likeness (QED) is 0.147. The molecule has 44 heavy (non-hydrogen) atoms. The highest BCUT2D eigenvalue weighted by Crippen LogP contribution is 2.37. The van der Waals surface area contributed by atoms with E-state index < -0.39 is 0 Å². The fourth-order valence-corrected chi connectivity index (χ4v) is 6.63. The van der Waals surface area contributed by atoms with Gasteiger partial charge in [0.1, 0.15) is 16.6 Å². The molecule has 0 spiro atoms. The van der Waals surface area contributed by atoms with Crippen molar-refractivity contribution in [3.05, 3.63) is 116 Å². The van der Waals surface area contributed by atoms with Gasteiger partial charge in [0.25, 0.3) is 0 Å². The topological polar surface area (TPSA) is 90.2 Å². The van der Waals surface area contributed by atoms with Gasteiger partial charge in [0.15, 0.2) is 0 Å². The van der Waals surface area contributed by atoms with E-state index in [0.29, 0.717) is 0 Å². The van der Waals surface area contributed by atoms with Crippen molar-refractivity contribution in [2.75, 3.05) is 0 Å². The number of aromatic nitrogens is 7. The van der Waals surface area contributed by atoms with E-state index in [1.807, 2.05) is 12.3 Å². The lowest BCUT2D eigenvalue weighted by Crippen LogP contribution is -1.95. The molecule has 10 rings (SSSR count). The van der Waals surface area contributed by atoms with Gasteiger partial charge in [-0.25, -0.2) is 4.98 Å². The molecule has 0 bridgehead atoms. The summed E-state index contributed by atoms with van der Waals surface area (Å²) in [6.07, 6.45) is 10.6. The number of fused-ring (bicyclic) bond motifs is 14. The first-order chi connectivity index (χ1) is 21.8. The van der Waals surface area contributed by atoms with Gasteiger partial charge >= 0.3 is 0 Å². The SMILES string of the molecule is c1ccc2cc3c(cc2c1)c1nccnc1c1nc(-c2ccc4cc5c(cc4c2)c2cccnc2c2nccnc52)cnc31. The Morgan fingerprint density at radius 1 is 0.341 bits per heavy atom. The van der Waals surface area contributed by atoms with Crippen molar-refractivity contribution in [2.45, 2.75) is 0 Å². The second-order valence-electron chi connectivity index (χ2n) is 11.1. The summed E-state index contributed by atoms with van der Waals surface area (Å²) >= 11 is 0. The smallest absolute Gasteiger partial charge is 0.118 e. The minimum atomic E-state index is 0.745. The lowest BCUT2D eigenvalue weighted by molar-refractivity contribution is 1.27. The van der Waals surface area contributed by atoms with Crippen LogP contribution in [0.1, 0.15) is 0 Å². The molecule has 0 aliphatic rings. The summed E-state index contributed by atoms with van der Waals surface area (Å²) in [6.45, 7) is 0. The Morgan fingerprint density at radius 2 is 0.886 bits per heavy atom. The summed E-state index contributed by atoms with van der Waals surface area (Å²) in [5.74, 6) is 0. The van der Waals surface area contributed by atoms with Crippen LogP contribution in [-0.2, 0) is 0 Å². The standard InChI is InChI=1S/C37H19N7/c1-2-5-21-16-29-28(15-20(21)4-1)33-36(42-13-11-40-33)37-34(29)43-19-30(44-37)23-8-7-22-17-27-26(18-24(22)14-23)25-6-3-9-38-31(25)35-32(27)39-10-12-41-35/h1-19H. The second-order valence-corrected chi connectivity index (χ2v) is 11.1. The molecule has 0 atom stereocenters. The number of hydrogen-bond donors (Lipinski definition) is 0. The zero-order valence-electron chi connectivity index (χ0n) is 23.1. The normalized spacial score (nSPS) is 12.1. The van der Waals surface area contributed by atoms with E-state index in [-0.39, 0.29) is 0 Å². The van der Waals surface area contributed by atoms with Gasteiger partial charge in [-0.1, -0.05) is 42.5 Å². The lowest BCUT2D eigenvalue weighted by Gasteiger charge is -2.12. The molecule has 4 aromatic heterocycles. The molecule has 4 heterocycles. The molecule has 0 radical (unpaired) electrons. The Kier molecular flexibility index (Phi) is 4.60. The summed E-state index contributed by atoms with van der Waals surface area (Å²) in [5.41, 5.74) is 7.42. The monoisotopic (exact) mass is 561 g/mol. The van der Waals surface area contributed by atoms with E-state index >= 15 is 0 Å². The van der Waals surface area contributed by atoms with Gasteiger partial charge in [0, 0.05) is 58.1 Å². The predicted octanol–water partition coefficient (Wildman–Crippen LogP) is 8.34. The Bertz CT molecular complexity index is 2850. The highest BCUT2D eigenvalue weighted by molar-refractivity contribution is 6.25. The van der Waals surface area contributed by atoms with E-state index in [9.17, 15) is 0 Å². The van der Waals surface area contributed by atoms with Crippen LogP contribution in [0.3, 0.4) is 0 Å². The predicted molar refractivity (Wildman–Crippen MR) is 176 cm³/mol. The number of nitrogens with zero attached hydrogens (tertiary/aromatic N) is 7. The van der Waals surface area contributed by atoms with Crippen LogP contribution in [0.4, 0.5) is 0 Å². The molecule has 6 aromatic carbocycles. The van der Waals surface area contributed by atoms with Gasteiger partial charge in [-0.2, -0.15) is 0 Å². The fraction of sp³-hybridized carbons (Fsp3) is 0. The molecule has 202 valence electrons. The lowest BCUT2D eigenvalue weighted by atomic mass is 9.97. The molecule has 0 N–H and O–H groups in total. The maximum absolute atomic E-state index is 5.17. The molecule has 10 aromatic rings. The number of hydrogen-bond acceptors (Lipinski definition) is 7. The van der Waals surface area contributed by atoms with Crippen molar-refractivity contribution in [1.29, 1.82) is 0 Å². The Balaban J connectivity index is 1.23. The minimum absolute atomic E-state index is 0.745. The molecule has 7 heteroatoms. The number of rotatable bonds is 1. The largest absolute Gasteiger partial charge is 0.254 e. The third-order valence-electron chi connectivity index (χ3n) is 8.64. The first-order valence-electron chi connectivity index (χ1n) is 14.4.